The fourth-order valence-corrected chi connectivity index (χ4v) is 1.45. The number of nitrogens with two attached hydrogens (primary N) is 1. The van der Waals surface area contributed by atoms with Crippen molar-refractivity contribution in [3.8, 4) is 5.75 Å². The molecule has 0 atom stereocenters. The van der Waals surface area contributed by atoms with E-state index < -0.39 is 10.0 Å². The van der Waals surface area contributed by atoms with Crippen LogP contribution in [0.25, 0.3) is 0 Å². The van der Waals surface area contributed by atoms with E-state index in [-0.39, 0.29) is 17.1 Å². The van der Waals surface area contributed by atoms with E-state index in [9.17, 15) is 13.5 Å². The highest BCUT2D eigenvalue weighted by Crippen LogP contribution is 2.29. The van der Waals surface area contributed by atoms with Crippen molar-refractivity contribution >= 4 is 21.4 Å². The molecule has 0 aliphatic heterocycles. The Morgan fingerprint density at radius 1 is 1.46 bits per heavy atom. The summed E-state index contributed by atoms with van der Waals surface area (Å²) in [6.07, 6.45) is 0.985. The lowest BCUT2D eigenvalue weighted by atomic mass is 10.2. The van der Waals surface area contributed by atoms with Gasteiger partial charge in [0, 0.05) is 0 Å². The van der Waals surface area contributed by atoms with Gasteiger partial charge in [-0.2, -0.15) is 0 Å². The monoisotopic (exact) mass is 202 g/mol. The average Bonchev–Trinajstić information content (AvgIpc) is 1.95. The first kappa shape index (κ1) is 9.66. The molecule has 1 aromatic carbocycles. The Morgan fingerprint density at radius 2 is 2.08 bits per heavy atom. The highest BCUT2D eigenvalue weighted by atomic mass is 32.2. The minimum atomic E-state index is -3.41. The maximum Gasteiger partial charge on any atom is 0.230 e. The second-order valence-corrected chi connectivity index (χ2v) is 4.36. The normalized spacial score (nSPS) is 11.2. The Hall–Kier alpha value is -1.43. The van der Waals surface area contributed by atoms with E-state index in [0.717, 1.165) is 6.26 Å². The number of nitrogens with one attached hydrogen (secondary N) is 1. The molecule has 0 spiro atoms. The highest BCUT2D eigenvalue weighted by Gasteiger charge is 2.09. The van der Waals surface area contributed by atoms with Crippen LogP contribution in [0.2, 0.25) is 0 Å². The summed E-state index contributed by atoms with van der Waals surface area (Å²) in [7, 11) is -3.41. The number of para-hydroxylation sites is 1. The Labute approximate surface area is 76.2 Å². The molecule has 1 aromatic rings. The van der Waals surface area contributed by atoms with Crippen LogP contribution in [0.5, 0.6) is 5.75 Å². The summed E-state index contributed by atoms with van der Waals surface area (Å²) >= 11 is 0. The van der Waals surface area contributed by atoms with E-state index in [4.69, 9.17) is 5.73 Å². The SMILES string of the molecule is CS(=O)(=O)Nc1c(N)cccc1O. The molecule has 0 heterocycles. The van der Waals surface area contributed by atoms with Gasteiger partial charge in [-0.15, -0.1) is 0 Å². The standard InChI is InChI=1S/C7H10N2O3S/c1-13(11,12)9-7-5(8)3-2-4-6(7)10/h2-4,9-10H,8H2,1H3. The number of benzene rings is 1. The third kappa shape index (κ3) is 2.51. The first-order valence-corrected chi connectivity index (χ1v) is 5.34. The topological polar surface area (TPSA) is 92.4 Å². The predicted molar refractivity (Wildman–Crippen MR) is 51.0 cm³/mol. The van der Waals surface area contributed by atoms with E-state index in [1.54, 1.807) is 0 Å². The van der Waals surface area contributed by atoms with Crippen molar-refractivity contribution in [1.82, 2.24) is 0 Å². The third-order valence-electron chi connectivity index (χ3n) is 1.36. The van der Waals surface area contributed by atoms with Crippen molar-refractivity contribution in [2.24, 2.45) is 0 Å². The van der Waals surface area contributed by atoms with Crippen LogP contribution in [-0.4, -0.2) is 19.8 Å². The number of rotatable bonds is 2. The van der Waals surface area contributed by atoms with E-state index in [1.807, 2.05) is 0 Å². The van der Waals surface area contributed by atoms with Gasteiger partial charge >= 0.3 is 0 Å². The lowest BCUT2D eigenvalue weighted by molar-refractivity contribution is 0.478. The predicted octanol–water partition coefficient (Wildman–Crippen LogP) is 0.346. The first-order chi connectivity index (χ1) is 5.90. The van der Waals surface area contributed by atoms with Crippen molar-refractivity contribution in [2.75, 3.05) is 16.7 Å². The minimum Gasteiger partial charge on any atom is -0.506 e. The number of hydrogen-bond acceptors (Lipinski definition) is 4. The van der Waals surface area contributed by atoms with Gasteiger partial charge in [-0.25, -0.2) is 8.42 Å². The lowest BCUT2D eigenvalue weighted by Crippen LogP contribution is -2.11. The van der Waals surface area contributed by atoms with Crippen LogP contribution in [0.1, 0.15) is 0 Å². The molecule has 4 N–H and O–H groups in total. The summed E-state index contributed by atoms with van der Waals surface area (Å²) in [6.45, 7) is 0. The van der Waals surface area contributed by atoms with E-state index in [1.165, 1.54) is 18.2 Å². The summed E-state index contributed by atoms with van der Waals surface area (Å²) in [5.74, 6) is -0.189. The molecule has 0 radical (unpaired) electrons. The number of phenols is 1. The quantitative estimate of drug-likeness (QED) is 0.476. The molecule has 1 rings (SSSR count). The largest absolute Gasteiger partial charge is 0.506 e. The minimum absolute atomic E-state index is 0.0185. The molecule has 0 aliphatic carbocycles. The fraction of sp³-hybridized carbons (Fsp3) is 0.143. The van der Waals surface area contributed by atoms with Crippen LogP contribution < -0.4 is 10.5 Å². The molecule has 0 aliphatic rings. The van der Waals surface area contributed by atoms with Crippen LogP contribution in [0, 0.1) is 0 Å². The van der Waals surface area contributed by atoms with Crippen LogP contribution in [0.15, 0.2) is 18.2 Å². The van der Waals surface area contributed by atoms with Crippen LogP contribution >= 0.6 is 0 Å². The summed E-state index contributed by atoms with van der Waals surface area (Å²) in [4.78, 5) is 0. The molecule has 0 unspecified atom stereocenters. The molecule has 0 fully saturated rings. The van der Waals surface area contributed by atoms with Crippen molar-refractivity contribution in [3.05, 3.63) is 18.2 Å². The smallest absolute Gasteiger partial charge is 0.230 e. The van der Waals surface area contributed by atoms with Crippen molar-refractivity contribution in [1.29, 1.82) is 0 Å². The number of phenolic OH excluding ortho intramolecular Hbond substituents is 1. The van der Waals surface area contributed by atoms with Gasteiger partial charge in [0.1, 0.15) is 11.4 Å². The van der Waals surface area contributed by atoms with Gasteiger partial charge < -0.3 is 10.8 Å². The van der Waals surface area contributed by atoms with Gasteiger partial charge in [0.25, 0.3) is 0 Å². The van der Waals surface area contributed by atoms with Gasteiger partial charge in [0.05, 0.1) is 11.9 Å². The van der Waals surface area contributed by atoms with Crippen LogP contribution in [-0.2, 0) is 10.0 Å². The zero-order valence-electron chi connectivity index (χ0n) is 6.98. The van der Waals surface area contributed by atoms with E-state index in [0.29, 0.717) is 0 Å². The Bertz CT molecular complexity index is 393. The molecule has 6 heteroatoms. The molecule has 0 aromatic heterocycles. The number of aromatic hydroxyl groups is 1. The van der Waals surface area contributed by atoms with Crippen molar-refractivity contribution < 1.29 is 13.5 Å². The number of sulfonamides is 1. The molecular formula is C7H10N2O3S. The summed E-state index contributed by atoms with van der Waals surface area (Å²) < 4.78 is 23.8. The van der Waals surface area contributed by atoms with Gasteiger partial charge in [0.15, 0.2) is 0 Å². The summed E-state index contributed by atoms with van der Waals surface area (Å²) in [6, 6.07) is 4.37. The maximum absolute atomic E-state index is 10.8. The van der Waals surface area contributed by atoms with E-state index in [2.05, 4.69) is 4.72 Å². The van der Waals surface area contributed by atoms with Crippen molar-refractivity contribution in [2.45, 2.75) is 0 Å². The summed E-state index contributed by atoms with van der Waals surface area (Å²) in [5.41, 5.74) is 5.65. The number of anilines is 2. The number of hydrogen-bond donors (Lipinski definition) is 3. The molecule has 0 bridgehead atoms. The van der Waals surface area contributed by atoms with Gasteiger partial charge in [-0.05, 0) is 12.1 Å². The fourth-order valence-electron chi connectivity index (χ4n) is 0.854. The Morgan fingerprint density at radius 3 is 2.54 bits per heavy atom. The summed E-state index contributed by atoms with van der Waals surface area (Å²) in [5, 5.41) is 9.25. The third-order valence-corrected chi connectivity index (χ3v) is 1.94. The zero-order valence-corrected chi connectivity index (χ0v) is 7.80. The Kier molecular flexibility index (Phi) is 2.33. The number of nitrogen functional groups attached to an aromatic ring is 1. The second-order valence-electron chi connectivity index (χ2n) is 2.62. The van der Waals surface area contributed by atoms with E-state index >= 15 is 0 Å². The first-order valence-electron chi connectivity index (χ1n) is 3.45. The molecule has 0 saturated heterocycles. The molecular weight excluding hydrogens is 192 g/mol. The molecule has 0 amide bonds. The highest BCUT2D eigenvalue weighted by molar-refractivity contribution is 7.92. The Balaban J connectivity index is 3.15. The molecule has 72 valence electrons. The van der Waals surface area contributed by atoms with Gasteiger partial charge in [-0.1, -0.05) is 6.07 Å². The molecule has 0 saturated carbocycles. The maximum atomic E-state index is 10.8. The van der Waals surface area contributed by atoms with Crippen LogP contribution in [0.4, 0.5) is 11.4 Å². The molecule has 5 nitrogen and oxygen atoms in total. The van der Waals surface area contributed by atoms with Crippen molar-refractivity contribution in [3.63, 3.8) is 0 Å². The molecule has 13 heavy (non-hydrogen) atoms. The second kappa shape index (κ2) is 3.14. The lowest BCUT2D eigenvalue weighted by Gasteiger charge is -2.08. The zero-order chi connectivity index (χ0) is 10.1. The van der Waals surface area contributed by atoms with Crippen LogP contribution in [0.3, 0.4) is 0 Å². The van der Waals surface area contributed by atoms with Gasteiger partial charge in [0.2, 0.25) is 10.0 Å². The average molecular weight is 202 g/mol. The van der Waals surface area contributed by atoms with Gasteiger partial charge in [-0.3, -0.25) is 4.72 Å².